The van der Waals surface area contributed by atoms with Crippen molar-refractivity contribution in [2.75, 3.05) is 18.1 Å². The summed E-state index contributed by atoms with van der Waals surface area (Å²) in [7, 11) is 0. The molecule has 1 N–H and O–H groups in total. The van der Waals surface area contributed by atoms with Crippen molar-refractivity contribution >= 4 is 17.0 Å². The van der Waals surface area contributed by atoms with Gasteiger partial charge in [0.1, 0.15) is 5.52 Å². The third-order valence-corrected chi connectivity index (χ3v) is 3.44. The van der Waals surface area contributed by atoms with Crippen molar-refractivity contribution in [3.63, 3.8) is 0 Å². The van der Waals surface area contributed by atoms with E-state index in [0.717, 1.165) is 36.8 Å². The number of fused-ring (bicyclic) bond motifs is 1. The molecule has 1 fully saturated rings. The van der Waals surface area contributed by atoms with E-state index >= 15 is 0 Å². The number of aliphatic hydroxyl groups is 1. The molecule has 18 heavy (non-hydrogen) atoms. The van der Waals surface area contributed by atoms with E-state index in [1.165, 1.54) is 0 Å². The Balaban J connectivity index is 1.97. The average molecular weight is 244 g/mol. The topological polar surface area (TPSA) is 62.1 Å². The monoisotopic (exact) mass is 244 g/mol. The second kappa shape index (κ2) is 4.86. The minimum Gasteiger partial charge on any atom is -0.394 e. The molecular formula is C13H16N4O. The number of anilines is 1. The zero-order chi connectivity index (χ0) is 12.4. The summed E-state index contributed by atoms with van der Waals surface area (Å²) in [5, 5.41) is 17.8. The number of hydrogen-bond acceptors (Lipinski definition) is 5. The number of piperidine rings is 1. The van der Waals surface area contributed by atoms with E-state index in [2.05, 4.69) is 20.1 Å². The lowest BCUT2D eigenvalue weighted by Crippen LogP contribution is -2.43. The lowest BCUT2D eigenvalue weighted by molar-refractivity contribution is 0.238. The smallest absolute Gasteiger partial charge is 0.246 e. The van der Waals surface area contributed by atoms with Crippen LogP contribution in [-0.2, 0) is 0 Å². The molecule has 1 aromatic heterocycles. The third-order valence-electron chi connectivity index (χ3n) is 3.44. The average Bonchev–Trinajstić information content (AvgIpc) is 2.46. The minimum atomic E-state index is 0.127. The van der Waals surface area contributed by atoms with Crippen LogP contribution in [0, 0.1) is 0 Å². The molecular weight excluding hydrogens is 228 g/mol. The fraction of sp³-hybridized carbons (Fsp3) is 0.462. The fourth-order valence-corrected chi connectivity index (χ4v) is 2.45. The maximum Gasteiger partial charge on any atom is 0.246 e. The van der Waals surface area contributed by atoms with Crippen molar-refractivity contribution in [1.29, 1.82) is 0 Å². The maximum absolute atomic E-state index is 9.42. The van der Waals surface area contributed by atoms with Crippen LogP contribution in [0.5, 0.6) is 0 Å². The summed E-state index contributed by atoms with van der Waals surface area (Å²) in [5.41, 5.74) is 1.66. The molecule has 5 nitrogen and oxygen atoms in total. The van der Waals surface area contributed by atoms with Crippen molar-refractivity contribution in [2.24, 2.45) is 0 Å². The highest BCUT2D eigenvalue weighted by Gasteiger charge is 2.24. The second-order valence-corrected chi connectivity index (χ2v) is 4.63. The van der Waals surface area contributed by atoms with Crippen molar-refractivity contribution in [3.05, 3.63) is 24.3 Å². The molecule has 1 aromatic carbocycles. The van der Waals surface area contributed by atoms with E-state index < -0.39 is 0 Å². The summed E-state index contributed by atoms with van der Waals surface area (Å²) in [6, 6.07) is 7.84. The Kier molecular flexibility index (Phi) is 3.06. The van der Waals surface area contributed by atoms with Gasteiger partial charge in [0.15, 0.2) is 0 Å². The molecule has 3 rings (SSSR count). The second-order valence-electron chi connectivity index (χ2n) is 4.63. The molecule has 0 saturated carbocycles. The minimum absolute atomic E-state index is 0.127. The van der Waals surface area contributed by atoms with Crippen molar-refractivity contribution in [3.8, 4) is 0 Å². The lowest BCUT2D eigenvalue weighted by atomic mass is 10.0. The Morgan fingerprint density at radius 1 is 1.17 bits per heavy atom. The zero-order valence-electron chi connectivity index (χ0n) is 10.2. The normalized spacial score (nSPS) is 20.3. The highest BCUT2D eigenvalue weighted by molar-refractivity contribution is 5.74. The van der Waals surface area contributed by atoms with Gasteiger partial charge >= 0.3 is 0 Å². The maximum atomic E-state index is 9.42. The first kappa shape index (κ1) is 11.3. The molecule has 1 unspecified atom stereocenters. The zero-order valence-corrected chi connectivity index (χ0v) is 10.2. The summed E-state index contributed by atoms with van der Waals surface area (Å²) >= 11 is 0. The van der Waals surface area contributed by atoms with Crippen LogP contribution >= 0.6 is 0 Å². The number of aromatic nitrogens is 3. The molecule has 0 bridgehead atoms. The van der Waals surface area contributed by atoms with E-state index in [1.807, 2.05) is 24.3 Å². The predicted molar refractivity (Wildman–Crippen MR) is 69.4 cm³/mol. The van der Waals surface area contributed by atoms with Crippen LogP contribution in [0.3, 0.4) is 0 Å². The van der Waals surface area contributed by atoms with Crippen LogP contribution in [0.1, 0.15) is 19.3 Å². The van der Waals surface area contributed by atoms with Crippen LogP contribution in [0.15, 0.2) is 24.3 Å². The van der Waals surface area contributed by atoms with Crippen molar-refractivity contribution in [1.82, 2.24) is 15.2 Å². The van der Waals surface area contributed by atoms with E-state index in [4.69, 9.17) is 0 Å². The third kappa shape index (κ3) is 2.01. The Labute approximate surface area is 105 Å². The van der Waals surface area contributed by atoms with Gasteiger partial charge in [-0.05, 0) is 31.4 Å². The van der Waals surface area contributed by atoms with Crippen molar-refractivity contribution < 1.29 is 5.11 Å². The number of aliphatic hydroxyl groups excluding tert-OH is 1. The van der Waals surface area contributed by atoms with E-state index in [9.17, 15) is 5.11 Å². The number of hydrogen-bond donors (Lipinski definition) is 1. The molecule has 0 amide bonds. The Morgan fingerprint density at radius 3 is 2.83 bits per heavy atom. The van der Waals surface area contributed by atoms with Gasteiger partial charge in [0.25, 0.3) is 0 Å². The van der Waals surface area contributed by atoms with Crippen LogP contribution in [0.4, 0.5) is 5.95 Å². The summed E-state index contributed by atoms with van der Waals surface area (Å²) in [6.07, 6.45) is 3.27. The Bertz CT molecular complexity index is 545. The molecule has 2 heterocycles. The van der Waals surface area contributed by atoms with Crippen molar-refractivity contribution in [2.45, 2.75) is 25.3 Å². The van der Waals surface area contributed by atoms with Gasteiger partial charge in [-0.1, -0.05) is 12.1 Å². The van der Waals surface area contributed by atoms with Gasteiger partial charge in [0.2, 0.25) is 5.95 Å². The molecule has 5 heteroatoms. The van der Waals surface area contributed by atoms with Gasteiger partial charge in [-0.2, -0.15) is 0 Å². The molecule has 0 aliphatic carbocycles. The highest BCUT2D eigenvalue weighted by Crippen LogP contribution is 2.22. The summed E-state index contributed by atoms with van der Waals surface area (Å²) < 4.78 is 0. The Hall–Kier alpha value is -1.75. The lowest BCUT2D eigenvalue weighted by Gasteiger charge is -2.34. The van der Waals surface area contributed by atoms with Gasteiger partial charge in [-0.15, -0.1) is 10.2 Å². The summed E-state index contributed by atoms with van der Waals surface area (Å²) in [5.74, 6) is 0.632. The van der Waals surface area contributed by atoms with Gasteiger partial charge in [0.05, 0.1) is 18.2 Å². The van der Waals surface area contributed by atoms with Crippen LogP contribution in [0.2, 0.25) is 0 Å². The van der Waals surface area contributed by atoms with Gasteiger partial charge in [-0.25, -0.2) is 4.98 Å². The number of nitrogens with zero attached hydrogens (tertiary/aromatic N) is 4. The highest BCUT2D eigenvalue weighted by atomic mass is 16.3. The standard InChI is InChI=1S/C13H16N4O/c18-9-10-5-3-4-8-17(10)13-14-11-6-1-2-7-12(11)15-16-13/h1-2,6-7,10,18H,3-5,8-9H2. The molecule has 1 atom stereocenters. The molecule has 2 aromatic rings. The Morgan fingerprint density at radius 2 is 2.00 bits per heavy atom. The van der Waals surface area contributed by atoms with Gasteiger partial charge in [0, 0.05) is 6.54 Å². The van der Waals surface area contributed by atoms with E-state index in [1.54, 1.807) is 0 Å². The van der Waals surface area contributed by atoms with E-state index in [-0.39, 0.29) is 12.6 Å². The first-order valence-corrected chi connectivity index (χ1v) is 6.35. The largest absolute Gasteiger partial charge is 0.394 e. The van der Waals surface area contributed by atoms with Crippen LogP contribution in [-0.4, -0.2) is 39.5 Å². The predicted octanol–water partition coefficient (Wildman–Crippen LogP) is 1.38. The SMILES string of the molecule is OCC1CCCCN1c1nnc2ccccc2n1. The quantitative estimate of drug-likeness (QED) is 0.864. The first-order valence-electron chi connectivity index (χ1n) is 6.35. The molecule has 94 valence electrons. The van der Waals surface area contributed by atoms with Crippen LogP contribution in [0.25, 0.3) is 11.0 Å². The molecule has 0 radical (unpaired) electrons. The summed E-state index contributed by atoms with van der Waals surface area (Å²) in [4.78, 5) is 6.61. The molecule has 1 aliphatic rings. The number of benzene rings is 1. The first-order chi connectivity index (χ1) is 8.88. The molecule has 0 spiro atoms. The molecule has 1 saturated heterocycles. The fourth-order valence-electron chi connectivity index (χ4n) is 2.45. The van der Waals surface area contributed by atoms with Crippen LogP contribution < -0.4 is 4.90 Å². The van der Waals surface area contributed by atoms with Gasteiger partial charge < -0.3 is 10.0 Å². The molecule has 1 aliphatic heterocycles. The number of para-hydroxylation sites is 1. The summed E-state index contributed by atoms with van der Waals surface area (Å²) in [6.45, 7) is 1.04. The van der Waals surface area contributed by atoms with Gasteiger partial charge in [-0.3, -0.25) is 0 Å². The van der Waals surface area contributed by atoms with E-state index in [0.29, 0.717) is 5.95 Å². The number of rotatable bonds is 2.